The zero-order valence-corrected chi connectivity index (χ0v) is 12.3. The maximum atomic E-state index is 12.1. The molecule has 1 fully saturated rings. The predicted molar refractivity (Wildman–Crippen MR) is 74.3 cm³/mol. The molecule has 6 nitrogen and oxygen atoms in total. The number of piperidine rings is 1. The Labute approximate surface area is 119 Å². The highest BCUT2D eigenvalue weighted by Gasteiger charge is 2.21. The average Bonchev–Trinajstić information content (AvgIpc) is 2.39. The molecule has 2 rings (SSSR count). The smallest absolute Gasteiger partial charge is 0.242 e. The van der Waals surface area contributed by atoms with E-state index in [1.807, 2.05) is 0 Å². The minimum absolute atomic E-state index is 0. The number of nitrogens with one attached hydrogen (secondary N) is 2. The van der Waals surface area contributed by atoms with Gasteiger partial charge in [-0.05, 0) is 25.5 Å². The quantitative estimate of drug-likeness (QED) is 0.849. The summed E-state index contributed by atoms with van der Waals surface area (Å²) >= 11 is 0. The highest BCUT2D eigenvalue weighted by Crippen LogP contribution is 2.13. The van der Waals surface area contributed by atoms with E-state index >= 15 is 0 Å². The zero-order valence-electron chi connectivity index (χ0n) is 10.6. The lowest BCUT2D eigenvalue weighted by Crippen LogP contribution is -2.45. The molecule has 1 aromatic heterocycles. The van der Waals surface area contributed by atoms with E-state index in [1.54, 1.807) is 0 Å². The Morgan fingerprint density at radius 1 is 1.47 bits per heavy atom. The van der Waals surface area contributed by atoms with Gasteiger partial charge in [0.1, 0.15) is 4.90 Å². The first-order valence-corrected chi connectivity index (χ1v) is 7.33. The first kappa shape index (κ1) is 16.2. The third-order valence-electron chi connectivity index (χ3n) is 2.85. The van der Waals surface area contributed by atoms with Gasteiger partial charge in [-0.25, -0.2) is 18.1 Å². The molecule has 1 aromatic rings. The monoisotopic (exact) mass is 307 g/mol. The summed E-state index contributed by atoms with van der Waals surface area (Å²) in [5.41, 5.74) is 0. The molecule has 19 heavy (non-hydrogen) atoms. The van der Waals surface area contributed by atoms with Crippen molar-refractivity contribution in [1.29, 1.82) is 0 Å². The highest BCUT2D eigenvalue weighted by atomic mass is 35.5. The number of nitrogens with zero attached hydrogens (tertiary/aromatic N) is 1. The topological polar surface area (TPSA) is 80.3 Å². The van der Waals surface area contributed by atoms with E-state index in [-0.39, 0.29) is 23.3 Å². The number of halogens is 1. The van der Waals surface area contributed by atoms with Crippen LogP contribution in [0.25, 0.3) is 0 Å². The minimum Gasteiger partial charge on any atom is -0.481 e. The van der Waals surface area contributed by atoms with E-state index in [0.717, 1.165) is 19.4 Å². The number of methoxy groups -OCH3 is 1. The molecule has 108 valence electrons. The standard InChI is InChI=1S/C11H17N3O3S.ClH/c1-17-11-5-4-10(8-13-11)18(15,16)14-9-3-2-6-12-7-9;/h4-5,8-9,12,14H,2-3,6-7H2,1H3;1H. The number of sulfonamides is 1. The lowest BCUT2D eigenvalue weighted by molar-refractivity contribution is 0.397. The van der Waals surface area contributed by atoms with Crippen molar-refractivity contribution in [2.45, 2.75) is 23.8 Å². The molecular weight excluding hydrogens is 290 g/mol. The molecule has 8 heteroatoms. The summed E-state index contributed by atoms with van der Waals surface area (Å²) in [7, 11) is -2.00. The molecule has 1 atom stereocenters. The van der Waals surface area contributed by atoms with Crippen molar-refractivity contribution in [3.8, 4) is 5.88 Å². The summed E-state index contributed by atoms with van der Waals surface area (Å²) < 4.78 is 31.7. The molecular formula is C11H18ClN3O3S. The number of aromatic nitrogens is 1. The van der Waals surface area contributed by atoms with Gasteiger partial charge in [0.15, 0.2) is 0 Å². The Bertz CT molecular complexity index is 486. The van der Waals surface area contributed by atoms with E-state index in [2.05, 4.69) is 15.0 Å². The van der Waals surface area contributed by atoms with Crippen LogP contribution >= 0.6 is 12.4 Å². The van der Waals surface area contributed by atoms with Crippen molar-refractivity contribution in [2.24, 2.45) is 0 Å². The van der Waals surface area contributed by atoms with Crippen LogP contribution in [0.4, 0.5) is 0 Å². The third kappa shape index (κ3) is 4.31. The van der Waals surface area contributed by atoms with E-state index in [4.69, 9.17) is 4.74 Å². The van der Waals surface area contributed by atoms with Crippen molar-refractivity contribution in [2.75, 3.05) is 20.2 Å². The SMILES string of the molecule is COc1ccc(S(=O)(=O)NC2CCCNC2)cn1.Cl. The molecule has 0 radical (unpaired) electrons. The van der Waals surface area contributed by atoms with Crippen molar-refractivity contribution in [3.05, 3.63) is 18.3 Å². The van der Waals surface area contributed by atoms with Crippen LogP contribution < -0.4 is 14.8 Å². The first-order valence-electron chi connectivity index (χ1n) is 5.85. The Morgan fingerprint density at radius 2 is 2.26 bits per heavy atom. The Balaban J connectivity index is 0.00000180. The summed E-state index contributed by atoms with van der Waals surface area (Å²) in [5.74, 6) is 0.397. The number of rotatable bonds is 4. The Kier molecular flexibility index (Phi) is 5.99. The molecule has 0 aromatic carbocycles. The molecule has 2 N–H and O–H groups in total. The summed E-state index contributed by atoms with van der Waals surface area (Å²) in [6.07, 6.45) is 3.14. The maximum Gasteiger partial charge on any atom is 0.242 e. The van der Waals surface area contributed by atoms with Crippen LogP contribution in [0.15, 0.2) is 23.2 Å². The van der Waals surface area contributed by atoms with Crippen LogP contribution in [-0.4, -0.2) is 39.6 Å². The number of ether oxygens (including phenoxy) is 1. The van der Waals surface area contributed by atoms with Gasteiger partial charge in [0.25, 0.3) is 0 Å². The van der Waals surface area contributed by atoms with Gasteiger partial charge in [0.05, 0.1) is 13.3 Å². The molecule has 0 aliphatic carbocycles. The lowest BCUT2D eigenvalue weighted by Gasteiger charge is -2.23. The van der Waals surface area contributed by atoms with Crippen molar-refractivity contribution in [1.82, 2.24) is 15.0 Å². The number of pyridine rings is 1. The summed E-state index contributed by atoms with van der Waals surface area (Å²) in [6, 6.07) is 2.98. The van der Waals surface area contributed by atoms with Gasteiger partial charge in [0, 0.05) is 18.7 Å². The van der Waals surface area contributed by atoms with Crippen molar-refractivity contribution < 1.29 is 13.2 Å². The van der Waals surface area contributed by atoms with Gasteiger partial charge in [-0.1, -0.05) is 0 Å². The lowest BCUT2D eigenvalue weighted by atomic mass is 10.1. The first-order chi connectivity index (χ1) is 8.62. The number of hydrogen-bond acceptors (Lipinski definition) is 5. The molecule has 1 aliphatic heterocycles. The van der Waals surface area contributed by atoms with E-state index in [9.17, 15) is 8.42 Å². The normalized spacial score (nSPS) is 19.5. The Morgan fingerprint density at radius 3 is 2.79 bits per heavy atom. The van der Waals surface area contributed by atoms with Gasteiger partial charge in [-0.2, -0.15) is 0 Å². The second kappa shape index (κ2) is 7.04. The second-order valence-electron chi connectivity index (χ2n) is 4.20. The fraction of sp³-hybridized carbons (Fsp3) is 0.545. The summed E-state index contributed by atoms with van der Waals surface area (Å²) in [4.78, 5) is 4.06. The van der Waals surface area contributed by atoms with Crippen LogP contribution in [0, 0.1) is 0 Å². The average molecular weight is 308 g/mol. The largest absolute Gasteiger partial charge is 0.481 e. The summed E-state index contributed by atoms with van der Waals surface area (Å²) in [6.45, 7) is 1.62. The molecule has 1 unspecified atom stereocenters. The highest BCUT2D eigenvalue weighted by molar-refractivity contribution is 7.89. The summed E-state index contributed by atoms with van der Waals surface area (Å²) in [5, 5.41) is 3.16. The van der Waals surface area contributed by atoms with Crippen LogP contribution in [0.2, 0.25) is 0 Å². The van der Waals surface area contributed by atoms with Gasteiger partial charge < -0.3 is 10.1 Å². The van der Waals surface area contributed by atoms with Crippen LogP contribution in [0.1, 0.15) is 12.8 Å². The fourth-order valence-electron chi connectivity index (χ4n) is 1.89. The van der Waals surface area contributed by atoms with E-state index in [0.29, 0.717) is 12.4 Å². The van der Waals surface area contributed by atoms with Gasteiger partial charge in [-0.15, -0.1) is 12.4 Å². The van der Waals surface area contributed by atoms with Crippen molar-refractivity contribution in [3.63, 3.8) is 0 Å². The van der Waals surface area contributed by atoms with Crippen LogP contribution in [0.3, 0.4) is 0 Å². The van der Waals surface area contributed by atoms with Crippen LogP contribution in [-0.2, 0) is 10.0 Å². The predicted octanol–water partition coefficient (Wildman–Crippen LogP) is 0.542. The fourth-order valence-corrected chi connectivity index (χ4v) is 3.10. The van der Waals surface area contributed by atoms with E-state index < -0.39 is 10.0 Å². The minimum atomic E-state index is -3.49. The molecule has 1 aliphatic rings. The molecule has 0 bridgehead atoms. The van der Waals surface area contributed by atoms with Crippen molar-refractivity contribution >= 4 is 22.4 Å². The molecule has 0 saturated carbocycles. The van der Waals surface area contributed by atoms with Gasteiger partial charge in [-0.3, -0.25) is 0 Å². The Hall–Kier alpha value is -0.890. The third-order valence-corrected chi connectivity index (χ3v) is 4.35. The maximum absolute atomic E-state index is 12.1. The van der Waals surface area contributed by atoms with Gasteiger partial charge >= 0.3 is 0 Å². The van der Waals surface area contributed by atoms with Crippen LogP contribution in [0.5, 0.6) is 5.88 Å². The van der Waals surface area contributed by atoms with E-state index in [1.165, 1.54) is 25.4 Å². The number of hydrogen-bond donors (Lipinski definition) is 2. The molecule has 2 heterocycles. The van der Waals surface area contributed by atoms with Gasteiger partial charge in [0.2, 0.25) is 15.9 Å². The second-order valence-corrected chi connectivity index (χ2v) is 5.91. The molecule has 0 amide bonds. The molecule has 0 spiro atoms. The zero-order chi connectivity index (χ0) is 13.0. The molecule has 1 saturated heterocycles.